The van der Waals surface area contributed by atoms with E-state index in [9.17, 15) is 4.79 Å². The summed E-state index contributed by atoms with van der Waals surface area (Å²) in [5.74, 6) is 0.0997. The first-order chi connectivity index (χ1) is 10.2. The molecular weight excluding hydrogens is 328 g/mol. The number of likely N-dealkylation sites (tertiary alicyclic amines) is 1. The van der Waals surface area contributed by atoms with Gasteiger partial charge in [-0.2, -0.15) is 0 Å². The smallest absolute Gasteiger partial charge is 0.255 e. The van der Waals surface area contributed by atoms with Gasteiger partial charge in [-0.05, 0) is 49.1 Å². The van der Waals surface area contributed by atoms with Gasteiger partial charge >= 0.3 is 0 Å². The van der Waals surface area contributed by atoms with E-state index < -0.39 is 0 Å². The fraction of sp³-hybridized carbons (Fsp3) is 0.294. The van der Waals surface area contributed by atoms with Gasteiger partial charge in [0.1, 0.15) is 0 Å². The third kappa shape index (κ3) is 3.32. The maximum absolute atomic E-state index is 12.6. The van der Waals surface area contributed by atoms with Crippen molar-refractivity contribution < 1.29 is 4.79 Å². The number of nitrogens with zero attached hydrogens (tertiary/aromatic N) is 2. The quantitative estimate of drug-likeness (QED) is 0.850. The molecule has 3 nitrogen and oxygen atoms in total. The zero-order valence-electron chi connectivity index (χ0n) is 11.7. The molecule has 108 valence electrons. The number of carbonyl (C=O) groups is 1. The summed E-state index contributed by atoms with van der Waals surface area (Å²) in [6.07, 6.45) is 6.41. The number of pyridine rings is 1. The van der Waals surface area contributed by atoms with Crippen LogP contribution in [-0.4, -0.2) is 28.4 Å². The molecular formula is C17H17BrN2O. The third-order valence-corrected chi connectivity index (χ3v) is 4.46. The molecule has 21 heavy (non-hydrogen) atoms. The van der Waals surface area contributed by atoms with Crippen LogP contribution in [0.1, 0.15) is 28.8 Å². The van der Waals surface area contributed by atoms with E-state index in [-0.39, 0.29) is 5.91 Å². The largest absolute Gasteiger partial charge is 0.335 e. The number of halogens is 1. The van der Waals surface area contributed by atoms with Gasteiger partial charge in [0.25, 0.3) is 5.91 Å². The molecule has 1 fully saturated rings. The van der Waals surface area contributed by atoms with E-state index in [0.717, 1.165) is 30.3 Å². The average Bonchev–Trinajstić information content (AvgIpc) is 2.98. The summed E-state index contributed by atoms with van der Waals surface area (Å²) in [4.78, 5) is 18.6. The highest BCUT2D eigenvalue weighted by atomic mass is 79.9. The molecule has 1 aromatic heterocycles. The van der Waals surface area contributed by atoms with Crippen LogP contribution in [0.15, 0.2) is 53.3 Å². The molecule has 1 saturated heterocycles. The summed E-state index contributed by atoms with van der Waals surface area (Å²) in [7, 11) is 0. The van der Waals surface area contributed by atoms with Crippen molar-refractivity contribution in [1.82, 2.24) is 9.88 Å². The highest BCUT2D eigenvalue weighted by Crippen LogP contribution is 2.23. The third-order valence-electron chi connectivity index (χ3n) is 3.93. The van der Waals surface area contributed by atoms with E-state index >= 15 is 0 Å². The highest BCUT2D eigenvalue weighted by molar-refractivity contribution is 9.10. The minimum atomic E-state index is 0.0997. The molecule has 2 aromatic rings. The van der Waals surface area contributed by atoms with E-state index in [1.807, 2.05) is 17.0 Å². The van der Waals surface area contributed by atoms with Crippen LogP contribution in [0.25, 0.3) is 0 Å². The van der Waals surface area contributed by atoms with Crippen LogP contribution in [-0.2, 0) is 6.42 Å². The molecule has 3 rings (SSSR count). The van der Waals surface area contributed by atoms with Crippen molar-refractivity contribution in [2.75, 3.05) is 6.54 Å². The summed E-state index contributed by atoms with van der Waals surface area (Å²) in [6, 6.07) is 12.3. The number of carbonyl (C=O) groups excluding carboxylic acids is 1. The standard InChI is InChI=1S/C17H17BrN2O/c18-15-7-5-13(6-8-15)11-16-4-2-10-20(16)17(21)14-3-1-9-19-12-14/h1,3,5-9,12,16H,2,4,10-11H2. The molecule has 1 aliphatic rings. The van der Waals surface area contributed by atoms with Crippen LogP contribution in [0, 0.1) is 0 Å². The zero-order valence-corrected chi connectivity index (χ0v) is 13.3. The molecule has 2 heterocycles. The lowest BCUT2D eigenvalue weighted by molar-refractivity contribution is 0.0736. The lowest BCUT2D eigenvalue weighted by Gasteiger charge is -2.25. The molecule has 0 bridgehead atoms. The fourth-order valence-corrected chi connectivity index (χ4v) is 3.13. The van der Waals surface area contributed by atoms with E-state index in [1.54, 1.807) is 12.4 Å². The van der Waals surface area contributed by atoms with Crippen LogP contribution in [0.2, 0.25) is 0 Å². The number of hydrogen-bond acceptors (Lipinski definition) is 2. The van der Waals surface area contributed by atoms with Gasteiger partial charge in [-0.25, -0.2) is 0 Å². The molecule has 1 atom stereocenters. The second-order valence-corrected chi connectivity index (χ2v) is 6.28. The van der Waals surface area contributed by atoms with Crippen molar-refractivity contribution in [2.45, 2.75) is 25.3 Å². The summed E-state index contributed by atoms with van der Waals surface area (Å²) in [5.41, 5.74) is 1.95. The van der Waals surface area contributed by atoms with E-state index in [0.29, 0.717) is 11.6 Å². The van der Waals surface area contributed by atoms with Crippen molar-refractivity contribution in [2.24, 2.45) is 0 Å². The average molecular weight is 345 g/mol. The van der Waals surface area contributed by atoms with Crippen molar-refractivity contribution in [3.63, 3.8) is 0 Å². The topological polar surface area (TPSA) is 33.2 Å². The Bertz CT molecular complexity index is 612. The molecule has 0 saturated carbocycles. The van der Waals surface area contributed by atoms with Gasteiger partial charge in [-0.1, -0.05) is 28.1 Å². The maximum atomic E-state index is 12.6. The summed E-state index contributed by atoms with van der Waals surface area (Å²) < 4.78 is 1.08. The lowest BCUT2D eigenvalue weighted by Crippen LogP contribution is -2.36. The molecule has 1 aliphatic heterocycles. The molecule has 1 amide bonds. The Morgan fingerprint density at radius 3 is 2.81 bits per heavy atom. The van der Waals surface area contributed by atoms with Crippen molar-refractivity contribution in [3.05, 3.63) is 64.4 Å². The molecule has 0 aliphatic carbocycles. The Balaban J connectivity index is 1.73. The summed E-state index contributed by atoms with van der Waals surface area (Å²) in [5, 5.41) is 0. The number of rotatable bonds is 3. The summed E-state index contributed by atoms with van der Waals surface area (Å²) in [6.45, 7) is 0.842. The Morgan fingerprint density at radius 2 is 2.10 bits per heavy atom. The Labute approximate surface area is 133 Å². The highest BCUT2D eigenvalue weighted by Gasteiger charge is 2.29. The zero-order chi connectivity index (χ0) is 14.7. The number of aromatic nitrogens is 1. The number of amides is 1. The van der Waals surface area contributed by atoms with E-state index in [2.05, 4.69) is 45.2 Å². The molecule has 0 spiro atoms. The summed E-state index contributed by atoms with van der Waals surface area (Å²) >= 11 is 3.45. The molecule has 0 radical (unpaired) electrons. The molecule has 1 aromatic carbocycles. The van der Waals surface area contributed by atoms with Gasteiger partial charge in [0.2, 0.25) is 0 Å². The van der Waals surface area contributed by atoms with Gasteiger partial charge in [0.05, 0.1) is 5.56 Å². The van der Waals surface area contributed by atoms with Crippen molar-refractivity contribution in [3.8, 4) is 0 Å². The van der Waals surface area contributed by atoms with Crippen molar-refractivity contribution >= 4 is 21.8 Å². The van der Waals surface area contributed by atoms with Crippen LogP contribution >= 0.6 is 15.9 Å². The maximum Gasteiger partial charge on any atom is 0.255 e. The van der Waals surface area contributed by atoms with Crippen LogP contribution in [0.3, 0.4) is 0 Å². The van der Waals surface area contributed by atoms with Gasteiger partial charge in [0.15, 0.2) is 0 Å². The predicted molar refractivity (Wildman–Crippen MR) is 86.1 cm³/mol. The lowest BCUT2D eigenvalue weighted by atomic mass is 10.0. The first kappa shape index (κ1) is 14.3. The second-order valence-electron chi connectivity index (χ2n) is 5.37. The first-order valence-electron chi connectivity index (χ1n) is 7.19. The van der Waals surface area contributed by atoms with Crippen LogP contribution in [0.5, 0.6) is 0 Å². The van der Waals surface area contributed by atoms with Gasteiger partial charge < -0.3 is 4.90 Å². The Kier molecular flexibility index (Phi) is 4.34. The monoisotopic (exact) mass is 344 g/mol. The molecule has 4 heteroatoms. The van der Waals surface area contributed by atoms with Crippen molar-refractivity contribution in [1.29, 1.82) is 0 Å². The molecule has 1 unspecified atom stereocenters. The fourth-order valence-electron chi connectivity index (χ4n) is 2.86. The molecule has 0 N–H and O–H groups in total. The Morgan fingerprint density at radius 1 is 1.29 bits per heavy atom. The first-order valence-corrected chi connectivity index (χ1v) is 7.99. The number of benzene rings is 1. The normalized spacial score (nSPS) is 18.0. The Hall–Kier alpha value is -1.68. The van der Waals surface area contributed by atoms with Gasteiger partial charge in [-0.3, -0.25) is 9.78 Å². The minimum Gasteiger partial charge on any atom is -0.335 e. The minimum absolute atomic E-state index is 0.0997. The SMILES string of the molecule is O=C(c1cccnc1)N1CCCC1Cc1ccc(Br)cc1. The van der Waals surface area contributed by atoms with E-state index in [1.165, 1.54) is 5.56 Å². The van der Waals surface area contributed by atoms with Crippen LogP contribution in [0.4, 0.5) is 0 Å². The van der Waals surface area contributed by atoms with Gasteiger partial charge in [-0.15, -0.1) is 0 Å². The second kappa shape index (κ2) is 6.39. The van der Waals surface area contributed by atoms with E-state index in [4.69, 9.17) is 0 Å². The number of hydrogen-bond donors (Lipinski definition) is 0. The predicted octanol–water partition coefficient (Wildman–Crippen LogP) is 3.69. The van der Waals surface area contributed by atoms with Crippen LogP contribution < -0.4 is 0 Å². The van der Waals surface area contributed by atoms with Gasteiger partial charge in [0, 0.05) is 29.5 Å².